The van der Waals surface area contributed by atoms with E-state index in [1.165, 1.54) is 6.92 Å². The molecule has 4 nitrogen and oxygen atoms in total. The smallest absolute Gasteiger partial charge is 0.304 e. The first-order valence-electron chi connectivity index (χ1n) is 2.07. The summed E-state index contributed by atoms with van der Waals surface area (Å²) in [6.07, 6.45) is 0. The number of hydrogen-bond acceptors (Lipinski definition) is 3. The highest BCUT2D eigenvalue weighted by Gasteiger charge is 1.76. The molecular weight excluding hydrogens is 143 g/mol. The van der Waals surface area contributed by atoms with Crippen molar-refractivity contribution in [2.24, 2.45) is 0 Å². The Bertz CT molecular complexity index is 96.7. The van der Waals surface area contributed by atoms with Crippen molar-refractivity contribution < 1.29 is 19.2 Å². The summed E-state index contributed by atoms with van der Waals surface area (Å²) in [5.41, 5.74) is 0. The van der Waals surface area contributed by atoms with Crippen molar-refractivity contribution in [2.75, 3.05) is 0 Å². The lowest BCUT2D eigenvalue weighted by Gasteiger charge is -1.80. The third-order valence-corrected chi connectivity index (χ3v) is 0.498. The van der Waals surface area contributed by atoms with Crippen LogP contribution in [0.25, 0.3) is 0 Å². The average molecular weight is 152 g/mol. The summed E-state index contributed by atoms with van der Waals surface area (Å²) in [6, 6.07) is 0. The highest BCUT2D eigenvalue weighted by Crippen LogP contribution is 1.81. The predicted octanol–water partition coefficient (Wildman–Crippen LogP) is 0.430. The second-order valence-electron chi connectivity index (χ2n) is 1.13. The molecule has 0 aliphatic heterocycles. The Morgan fingerprint density at radius 3 is 1.56 bits per heavy atom. The van der Waals surface area contributed by atoms with E-state index in [9.17, 15) is 4.79 Å². The first kappa shape index (κ1) is 11.2. The second-order valence-corrected chi connectivity index (χ2v) is 1.36. The zero-order valence-electron chi connectivity index (χ0n) is 5.25. The van der Waals surface area contributed by atoms with Gasteiger partial charge in [-0.1, -0.05) is 0 Å². The van der Waals surface area contributed by atoms with Crippen LogP contribution in [0.3, 0.4) is 0 Å². The van der Waals surface area contributed by atoms with E-state index in [1.54, 1.807) is 0 Å². The minimum absolute atomic E-state index is 0.282. The van der Waals surface area contributed by atoms with Gasteiger partial charge in [-0.05, 0) is 0 Å². The molecule has 1 N–H and O–H groups in total. The molecule has 1 unspecified atom stereocenters. The third-order valence-electron chi connectivity index (χ3n) is 0.166. The lowest BCUT2D eigenvalue weighted by molar-refractivity contribution is -0.134. The summed E-state index contributed by atoms with van der Waals surface area (Å²) >= 11 is 0. The molecule has 0 aromatic heterocycles. The molecule has 9 heavy (non-hydrogen) atoms. The maximum Gasteiger partial charge on any atom is 0.304 e. The van der Waals surface area contributed by atoms with Gasteiger partial charge in [-0.15, -0.1) is 0 Å². The van der Waals surface area contributed by atoms with Crippen molar-refractivity contribution in [3.05, 3.63) is 0 Å². The zero-order valence-corrected chi connectivity index (χ0v) is 6.40. The molecule has 0 aliphatic carbocycles. The van der Waals surface area contributed by atoms with Gasteiger partial charge >= 0.3 is 5.97 Å². The Morgan fingerprint density at radius 1 is 1.44 bits per heavy atom. The Labute approximate surface area is 55.5 Å². The fourth-order valence-electron chi connectivity index (χ4n) is 0. The van der Waals surface area contributed by atoms with Crippen molar-refractivity contribution in [1.29, 1.82) is 0 Å². The van der Waals surface area contributed by atoms with Crippen LogP contribution < -0.4 is 0 Å². The van der Waals surface area contributed by atoms with Crippen LogP contribution in [0.5, 0.6) is 0 Å². The van der Waals surface area contributed by atoms with E-state index in [2.05, 4.69) is 4.52 Å². The summed E-state index contributed by atoms with van der Waals surface area (Å²) < 4.78 is 4.03. The molecule has 54 valence electrons. The maximum atomic E-state index is 9.57. The van der Waals surface area contributed by atoms with Gasteiger partial charge in [0, 0.05) is 13.8 Å². The number of carbonyl (C=O) groups excluding carboxylic acids is 1. The molecule has 0 saturated heterocycles. The highest BCUT2D eigenvalue weighted by atomic mass is 31.0. The first-order chi connectivity index (χ1) is 4.00. The van der Waals surface area contributed by atoms with Crippen LogP contribution in [-0.4, -0.2) is 17.0 Å². The van der Waals surface area contributed by atoms with Gasteiger partial charge in [-0.25, -0.2) is 0 Å². The van der Waals surface area contributed by atoms with Crippen LogP contribution >= 0.6 is 9.47 Å². The lowest BCUT2D eigenvalue weighted by Crippen LogP contribution is -1.82. The van der Waals surface area contributed by atoms with Gasteiger partial charge < -0.3 is 9.63 Å². The van der Waals surface area contributed by atoms with Gasteiger partial charge in [0.2, 0.25) is 0 Å². The van der Waals surface area contributed by atoms with Crippen molar-refractivity contribution in [3.8, 4) is 0 Å². The van der Waals surface area contributed by atoms with E-state index >= 15 is 0 Å². The van der Waals surface area contributed by atoms with Crippen LogP contribution in [0.4, 0.5) is 0 Å². The minimum atomic E-state index is -0.833. The molecule has 0 bridgehead atoms. The van der Waals surface area contributed by atoms with Gasteiger partial charge in [-0.2, -0.15) is 0 Å². The fourth-order valence-corrected chi connectivity index (χ4v) is 0. The molecule has 5 heteroatoms. The standard InChI is InChI=1S/C2H5O2P.C2H4O2/c1-2(3)4-5;1-2(3)4/h5H2,1H3;1H3,(H,3,4). The molecule has 0 saturated carbocycles. The number of carbonyl (C=O) groups is 2. The predicted molar refractivity (Wildman–Crippen MR) is 34.8 cm³/mol. The summed E-state index contributed by atoms with van der Waals surface area (Å²) in [5, 5.41) is 7.42. The topological polar surface area (TPSA) is 63.6 Å². The van der Waals surface area contributed by atoms with Gasteiger partial charge in [0.05, 0.1) is 9.47 Å². The molecule has 0 aromatic carbocycles. The van der Waals surface area contributed by atoms with Crippen molar-refractivity contribution in [2.45, 2.75) is 13.8 Å². The van der Waals surface area contributed by atoms with Crippen LogP contribution in [0.15, 0.2) is 0 Å². The minimum Gasteiger partial charge on any atom is -0.481 e. The summed E-state index contributed by atoms with van der Waals surface area (Å²) in [6.45, 7) is 2.42. The Morgan fingerprint density at radius 2 is 1.56 bits per heavy atom. The number of carboxylic acids is 1. The molecule has 0 rings (SSSR count). The van der Waals surface area contributed by atoms with E-state index in [4.69, 9.17) is 9.90 Å². The van der Waals surface area contributed by atoms with E-state index in [0.717, 1.165) is 6.92 Å². The van der Waals surface area contributed by atoms with Crippen LogP contribution in [0.2, 0.25) is 0 Å². The average Bonchev–Trinajstić information content (AvgIpc) is 1.65. The first-order valence-corrected chi connectivity index (χ1v) is 2.54. The van der Waals surface area contributed by atoms with Crippen molar-refractivity contribution >= 4 is 21.4 Å². The number of hydrogen-bond donors (Lipinski definition) is 1. The summed E-state index contributed by atoms with van der Waals surface area (Å²) in [5.74, 6) is -1.12. The molecule has 0 aliphatic rings. The van der Waals surface area contributed by atoms with E-state index in [1.807, 2.05) is 9.47 Å². The Hall–Kier alpha value is -0.630. The largest absolute Gasteiger partial charge is 0.481 e. The lowest BCUT2D eigenvalue weighted by atomic mass is 10.9. The zero-order chi connectivity index (χ0) is 7.86. The number of carboxylic acid groups (broad SMARTS) is 1. The fraction of sp³-hybridized carbons (Fsp3) is 0.500. The van der Waals surface area contributed by atoms with Crippen LogP contribution in [-0.2, 0) is 14.1 Å². The van der Waals surface area contributed by atoms with Crippen molar-refractivity contribution in [1.82, 2.24) is 0 Å². The summed E-state index contributed by atoms with van der Waals surface area (Å²) in [7, 11) is 1.84. The molecule has 0 amide bonds. The summed E-state index contributed by atoms with van der Waals surface area (Å²) in [4.78, 5) is 18.6. The molecule has 0 radical (unpaired) electrons. The third kappa shape index (κ3) is 113. The number of rotatable bonds is 0. The van der Waals surface area contributed by atoms with E-state index < -0.39 is 5.97 Å². The molecule has 0 spiro atoms. The SMILES string of the molecule is CC(=O)O.CC(=O)OP. The Kier molecular flexibility index (Phi) is 9.18. The van der Waals surface area contributed by atoms with Crippen LogP contribution in [0, 0.1) is 0 Å². The normalized spacial score (nSPS) is 6.56. The Balaban J connectivity index is 0. The van der Waals surface area contributed by atoms with Gasteiger partial charge in [0.15, 0.2) is 0 Å². The van der Waals surface area contributed by atoms with Gasteiger partial charge in [0.1, 0.15) is 0 Å². The molecule has 0 fully saturated rings. The van der Waals surface area contributed by atoms with Gasteiger partial charge in [0.25, 0.3) is 5.97 Å². The maximum absolute atomic E-state index is 9.57. The molecule has 1 atom stereocenters. The van der Waals surface area contributed by atoms with Crippen LogP contribution in [0.1, 0.15) is 13.8 Å². The monoisotopic (exact) mass is 152 g/mol. The molecular formula is C4H9O4P. The van der Waals surface area contributed by atoms with Gasteiger partial charge in [-0.3, -0.25) is 9.59 Å². The second kappa shape index (κ2) is 7.37. The van der Waals surface area contributed by atoms with E-state index in [-0.39, 0.29) is 5.97 Å². The van der Waals surface area contributed by atoms with Crippen molar-refractivity contribution in [3.63, 3.8) is 0 Å². The quantitative estimate of drug-likeness (QED) is 0.511. The molecule has 0 heterocycles. The highest BCUT2D eigenvalue weighted by molar-refractivity contribution is 7.10. The van der Waals surface area contributed by atoms with E-state index in [0.29, 0.717) is 0 Å². The molecule has 0 aromatic rings. The number of aliphatic carboxylic acids is 1.